The van der Waals surface area contributed by atoms with Crippen LogP contribution in [0.15, 0.2) is 42.7 Å². The second-order valence-electron chi connectivity index (χ2n) is 5.94. The van der Waals surface area contributed by atoms with Gasteiger partial charge in [-0.2, -0.15) is 0 Å². The van der Waals surface area contributed by atoms with E-state index in [-0.39, 0.29) is 12.6 Å². The Morgan fingerprint density at radius 1 is 1.11 bits per heavy atom. The first-order valence-electron chi connectivity index (χ1n) is 8.47. The van der Waals surface area contributed by atoms with Crippen LogP contribution < -0.4 is 0 Å². The summed E-state index contributed by atoms with van der Waals surface area (Å²) in [6, 6.07) is 9.65. The Balaban J connectivity index is 1.45. The van der Waals surface area contributed by atoms with Gasteiger partial charge < -0.3 is 9.30 Å². The monoisotopic (exact) mass is 379 g/mol. The molecule has 0 atom stereocenters. The molecule has 0 bridgehead atoms. The summed E-state index contributed by atoms with van der Waals surface area (Å²) in [5, 5.41) is 0.608. The first-order valence-corrected chi connectivity index (χ1v) is 9.29. The Morgan fingerprint density at radius 3 is 2.70 bits per heavy atom. The lowest BCUT2D eigenvalue weighted by molar-refractivity contribution is 0.0496. The SMILES string of the molecule is Cc1nc(-c2ncccn2)sc1C(=O)OCCn1c(C)nc2ccccc21. The van der Waals surface area contributed by atoms with Gasteiger partial charge in [0.2, 0.25) is 0 Å². The van der Waals surface area contributed by atoms with Gasteiger partial charge >= 0.3 is 5.97 Å². The lowest BCUT2D eigenvalue weighted by Crippen LogP contribution is -2.12. The molecular weight excluding hydrogens is 362 g/mol. The van der Waals surface area contributed by atoms with Crippen molar-refractivity contribution in [3.05, 3.63) is 59.1 Å². The van der Waals surface area contributed by atoms with Crippen molar-refractivity contribution in [2.24, 2.45) is 0 Å². The minimum atomic E-state index is -0.380. The van der Waals surface area contributed by atoms with E-state index in [2.05, 4.69) is 19.9 Å². The normalized spacial score (nSPS) is 11.0. The van der Waals surface area contributed by atoms with E-state index in [9.17, 15) is 4.79 Å². The van der Waals surface area contributed by atoms with Crippen LogP contribution >= 0.6 is 11.3 Å². The number of fused-ring (bicyclic) bond motifs is 1. The number of aryl methyl sites for hydroxylation is 2. The van der Waals surface area contributed by atoms with E-state index in [4.69, 9.17) is 4.74 Å². The second kappa shape index (κ2) is 7.24. The Kier molecular flexibility index (Phi) is 4.64. The average Bonchev–Trinajstić information content (AvgIpc) is 3.22. The van der Waals surface area contributed by atoms with Crippen molar-refractivity contribution in [2.45, 2.75) is 20.4 Å². The third-order valence-corrected chi connectivity index (χ3v) is 5.27. The van der Waals surface area contributed by atoms with Crippen molar-refractivity contribution >= 4 is 28.3 Å². The number of thiazole rings is 1. The van der Waals surface area contributed by atoms with Crippen molar-refractivity contribution in [3.8, 4) is 10.8 Å². The van der Waals surface area contributed by atoms with Crippen LogP contribution in [0.5, 0.6) is 0 Å². The molecule has 4 rings (SSSR count). The Hall–Kier alpha value is -3.13. The molecule has 0 aliphatic heterocycles. The van der Waals surface area contributed by atoms with E-state index in [1.54, 1.807) is 25.4 Å². The predicted octanol–water partition coefficient (Wildman–Crippen LogP) is 3.42. The largest absolute Gasteiger partial charge is 0.460 e. The summed E-state index contributed by atoms with van der Waals surface area (Å²) < 4.78 is 7.52. The van der Waals surface area contributed by atoms with Crippen LogP contribution in [0.3, 0.4) is 0 Å². The molecule has 0 N–H and O–H groups in total. The van der Waals surface area contributed by atoms with Crippen molar-refractivity contribution in [1.29, 1.82) is 0 Å². The Bertz CT molecular complexity index is 1100. The molecule has 0 aliphatic carbocycles. The summed E-state index contributed by atoms with van der Waals surface area (Å²) in [4.78, 5) is 30.2. The Morgan fingerprint density at radius 2 is 1.89 bits per heavy atom. The average molecular weight is 379 g/mol. The number of nitrogens with zero attached hydrogens (tertiary/aromatic N) is 5. The van der Waals surface area contributed by atoms with E-state index >= 15 is 0 Å². The van der Waals surface area contributed by atoms with E-state index < -0.39 is 0 Å². The minimum Gasteiger partial charge on any atom is -0.460 e. The van der Waals surface area contributed by atoms with Gasteiger partial charge in [0, 0.05) is 12.4 Å². The summed E-state index contributed by atoms with van der Waals surface area (Å²) in [5.74, 6) is 1.02. The fourth-order valence-corrected chi connectivity index (χ4v) is 3.77. The van der Waals surface area contributed by atoms with Crippen LogP contribution in [0.2, 0.25) is 0 Å². The molecule has 7 nitrogen and oxygen atoms in total. The van der Waals surface area contributed by atoms with Crippen molar-refractivity contribution < 1.29 is 9.53 Å². The number of hydrogen-bond donors (Lipinski definition) is 0. The lowest BCUT2D eigenvalue weighted by atomic mass is 10.3. The molecule has 0 amide bonds. The van der Waals surface area contributed by atoms with Crippen molar-refractivity contribution in [3.63, 3.8) is 0 Å². The first-order chi connectivity index (χ1) is 13.1. The number of imidazole rings is 1. The molecule has 0 saturated heterocycles. The number of benzene rings is 1. The van der Waals surface area contributed by atoms with Gasteiger partial charge in [0.1, 0.15) is 17.3 Å². The first kappa shape index (κ1) is 17.3. The molecule has 8 heteroatoms. The Labute approximate surface area is 159 Å². The third-order valence-electron chi connectivity index (χ3n) is 4.13. The molecular formula is C19H17N5O2S. The molecule has 0 spiro atoms. The van der Waals surface area contributed by atoms with Crippen LogP contribution in [-0.4, -0.2) is 37.1 Å². The van der Waals surface area contributed by atoms with Crippen molar-refractivity contribution in [1.82, 2.24) is 24.5 Å². The highest BCUT2D eigenvalue weighted by Crippen LogP contribution is 2.25. The quantitative estimate of drug-likeness (QED) is 0.494. The summed E-state index contributed by atoms with van der Waals surface area (Å²) in [6.07, 6.45) is 3.30. The number of ether oxygens (including phenoxy) is 1. The van der Waals surface area contributed by atoms with Gasteiger partial charge in [-0.1, -0.05) is 12.1 Å². The van der Waals surface area contributed by atoms with Crippen LogP contribution in [0.25, 0.3) is 21.9 Å². The summed E-state index contributed by atoms with van der Waals surface area (Å²) >= 11 is 1.24. The number of para-hydroxylation sites is 2. The smallest absolute Gasteiger partial charge is 0.350 e. The summed E-state index contributed by atoms with van der Waals surface area (Å²) in [5.41, 5.74) is 2.59. The summed E-state index contributed by atoms with van der Waals surface area (Å²) in [6.45, 7) is 4.54. The van der Waals surface area contributed by atoms with E-state index in [1.807, 2.05) is 35.8 Å². The molecule has 0 saturated carbocycles. The van der Waals surface area contributed by atoms with Crippen LogP contribution in [-0.2, 0) is 11.3 Å². The fraction of sp³-hybridized carbons (Fsp3) is 0.211. The standard InChI is InChI=1S/C19H17N5O2S/c1-12-16(27-18(22-12)17-20-8-5-9-21-17)19(25)26-11-10-24-13(2)23-14-6-3-4-7-15(14)24/h3-9H,10-11H2,1-2H3. The molecule has 27 heavy (non-hydrogen) atoms. The van der Waals surface area contributed by atoms with Gasteiger partial charge in [-0.05, 0) is 32.0 Å². The molecule has 136 valence electrons. The zero-order chi connectivity index (χ0) is 18.8. The van der Waals surface area contributed by atoms with Crippen molar-refractivity contribution in [2.75, 3.05) is 6.61 Å². The molecule has 0 unspecified atom stereocenters. The highest BCUT2D eigenvalue weighted by molar-refractivity contribution is 7.16. The number of carbonyl (C=O) groups excluding carboxylic acids is 1. The maximum absolute atomic E-state index is 12.5. The fourth-order valence-electron chi connectivity index (χ4n) is 2.86. The third kappa shape index (κ3) is 3.43. The minimum absolute atomic E-state index is 0.258. The summed E-state index contributed by atoms with van der Waals surface area (Å²) in [7, 11) is 0. The maximum atomic E-state index is 12.5. The van der Waals surface area contributed by atoms with Gasteiger partial charge in [-0.15, -0.1) is 11.3 Å². The van der Waals surface area contributed by atoms with Gasteiger partial charge in [0.15, 0.2) is 10.8 Å². The number of rotatable bonds is 5. The van der Waals surface area contributed by atoms with Crippen LogP contribution in [0.4, 0.5) is 0 Å². The predicted molar refractivity (Wildman–Crippen MR) is 103 cm³/mol. The lowest BCUT2D eigenvalue weighted by Gasteiger charge is -2.07. The maximum Gasteiger partial charge on any atom is 0.350 e. The topological polar surface area (TPSA) is 82.8 Å². The number of aromatic nitrogens is 5. The molecule has 0 fully saturated rings. The molecule has 0 radical (unpaired) electrons. The molecule has 3 aromatic heterocycles. The molecule has 0 aliphatic rings. The second-order valence-corrected chi connectivity index (χ2v) is 6.94. The number of esters is 1. The van der Waals surface area contributed by atoms with E-state index in [0.29, 0.717) is 27.9 Å². The van der Waals surface area contributed by atoms with Gasteiger partial charge in [-0.25, -0.2) is 24.7 Å². The number of hydrogen-bond acceptors (Lipinski definition) is 7. The van der Waals surface area contributed by atoms with Crippen LogP contribution in [0, 0.1) is 13.8 Å². The van der Waals surface area contributed by atoms with Gasteiger partial charge in [-0.3, -0.25) is 0 Å². The van der Waals surface area contributed by atoms with Gasteiger partial charge in [0.05, 0.1) is 23.3 Å². The van der Waals surface area contributed by atoms with Crippen LogP contribution in [0.1, 0.15) is 21.2 Å². The zero-order valence-corrected chi connectivity index (χ0v) is 15.7. The molecule has 4 aromatic rings. The highest BCUT2D eigenvalue weighted by Gasteiger charge is 2.19. The van der Waals surface area contributed by atoms with Gasteiger partial charge in [0.25, 0.3) is 0 Å². The molecule has 1 aromatic carbocycles. The van der Waals surface area contributed by atoms with E-state index in [0.717, 1.165) is 16.9 Å². The highest BCUT2D eigenvalue weighted by atomic mass is 32.1. The molecule has 3 heterocycles. The zero-order valence-electron chi connectivity index (χ0n) is 14.9. The van der Waals surface area contributed by atoms with E-state index in [1.165, 1.54) is 11.3 Å². The number of carbonyl (C=O) groups is 1.